The maximum atomic E-state index is 12.6. The summed E-state index contributed by atoms with van der Waals surface area (Å²) in [6, 6.07) is 0.215. The van der Waals surface area contributed by atoms with E-state index < -0.39 is 0 Å². The van der Waals surface area contributed by atoms with Gasteiger partial charge in [0.15, 0.2) is 0 Å². The third-order valence-corrected chi connectivity index (χ3v) is 4.73. The fraction of sp³-hybridized carbons (Fsp3) is 0.929. The van der Waals surface area contributed by atoms with E-state index >= 15 is 0 Å². The van der Waals surface area contributed by atoms with Gasteiger partial charge in [-0.15, -0.1) is 0 Å². The zero-order chi connectivity index (χ0) is 12.5. The van der Waals surface area contributed by atoms with Gasteiger partial charge in [0.25, 0.3) is 0 Å². The molecule has 0 aromatic carbocycles. The normalized spacial score (nSPS) is 30.3. The van der Waals surface area contributed by atoms with E-state index in [0.717, 1.165) is 32.4 Å². The van der Waals surface area contributed by atoms with Crippen molar-refractivity contribution in [3.8, 4) is 0 Å². The smallest absolute Gasteiger partial charge is 0.228 e. The summed E-state index contributed by atoms with van der Waals surface area (Å²) in [5, 5.41) is 0. The van der Waals surface area contributed by atoms with Crippen LogP contribution in [0.2, 0.25) is 0 Å². The van der Waals surface area contributed by atoms with E-state index in [1.165, 1.54) is 19.3 Å². The van der Waals surface area contributed by atoms with E-state index in [4.69, 9.17) is 5.73 Å². The Morgan fingerprint density at radius 2 is 2.00 bits per heavy atom. The summed E-state index contributed by atoms with van der Waals surface area (Å²) >= 11 is 0. The Bertz CT molecular complexity index is 282. The van der Waals surface area contributed by atoms with Crippen LogP contribution in [0, 0.1) is 11.3 Å². The van der Waals surface area contributed by atoms with Gasteiger partial charge in [0, 0.05) is 24.5 Å². The summed E-state index contributed by atoms with van der Waals surface area (Å²) in [7, 11) is 0. The second-order valence-electron chi connectivity index (χ2n) is 6.28. The SMILES string of the molecule is CC(N)C1CCN(C(=O)C2(C)CCCCC2)C1. The van der Waals surface area contributed by atoms with Gasteiger partial charge in [0.2, 0.25) is 5.91 Å². The van der Waals surface area contributed by atoms with Crippen molar-refractivity contribution in [1.29, 1.82) is 0 Å². The highest BCUT2D eigenvalue weighted by molar-refractivity contribution is 5.82. The number of likely N-dealkylation sites (tertiary alicyclic amines) is 1. The number of carbonyl (C=O) groups excluding carboxylic acids is 1. The largest absolute Gasteiger partial charge is 0.342 e. The van der Waals surface area contributed by atoms with Gasteiger partial charge in [-0.3, -0.25) is 4.79 Å². The van der Waals surface area contributed by atoms with Crippen LogP contribution in [0.1, 0.15) is 52.4 Å². The summed E-state index contributed by atoms with van der Waals surface area (Å²) in [6.07, 6.45) is 6.96. The standard InChI is InChI=1S/C14H26N2O/c1-11(15)12-6-9-16(10-12)13(17)14(2)7-4-3-5-8-14/h11-12H,3-10,15H2,1-2H3. The van der Waals surface area contributed by atoms with Crippen LogP contribution in [0.3, 0.4) is 0 Å². The van der Waals surface area contributed by atoms with Gasteiger partial charge in [-0.1, -0.05) is 26.2 Å². The molecule has 1 heterocycles. The van der Waals surface area contributed by atoms with Crippen LogP contribution in [0.4, 0.5) is 0 Å². The Morgan fingerprint density at radius 1 is 1.35 bits per heavy atom. The van der Waals surface area contributed by atoms with Crippen molar-refractivity contribution >= 4 is 5.91 Å². The van der Waals surface area contributed by atoms with Crippen molar-refractivity contribution in [2.45, 2.75) is 58.4 Å². The molecule has 1 saturated heterocycles. The topological polar surface area (TPSA) is 46.3 Å². The van der Waals surface area contributed by atoms with Crippen molar-refractivity contribution in [2.24, 2.45) is 17.1 Å². The van der Waals surface area contributed by atoms with E-state index in [0.29, 0.717) is 11.8 Å². The Balaban J connectivity index is 1.96. The van der Waals surface area contributed by atoms with Gasteiger partial charge >= 0.3 is 0 Å². The molecule has 0 bridgehead atoms. The maximum Gasteiger partial charge on any atom is 0.228 e. The monoisotopic (exact) mass is 238 g/mol. The molecule has 3 nitrogen and oxygen atoms in total. The number of hydrogen-bond donors (Lipinski definition) is 1. The molecular formula is C14H26N2O. The van der Waals surface area contributed by atoms with Crippen LogP contribution < -0.4 is 5.73 Å². The summed E-state index contributed by atoms with van der Waals surface area (Å²) in [5.74, 6) is 0.895. The Morgan fingerprint density at radius 3 is 2.53 bits per heavy atom. The minimum atomic E-state index is -0.0784. The predicted molar refractivity (Wildman–Crippen MR) is 69.5 cm³/mol. The molecule has 2 fully saturated rings. The maximum absolute atomic E-state index is 12.6. The lowest BCUT2D eigenvalue weighted by atomic mass is 9.74. The van der Waals surface area contributed by atoms with E-state index in [-0.39, 0.29) is 11.5 Å². The molecule has 0 aromatic heterocycles. The third kappa shape index (κ3) is 2.65. The number of rotatable bonds is 2. The lowest BCUT2D eigenvalue weighted by molar-refractivity contribution is -0.142. The molecule has 1 aliphatic carbocycles. The minimum Gasteiger partial charge on any atom is -0.342 e. The molecule has 0 spiro atoms. The molecule has 2 N–H and O–H groups in total. The molecular weight excluding hydrogens is 212 g/mol. The Hall–Kier alpha value is -0.570. The number of carbonyl (C=O) groups is 1. The Labute approximate surface area is 105 Å². The van der Waals surface area contributed by atoms with Crippen molar-refractivity contribution in [1.82, 2.24) is 4.90 Å². The lowest BCUT2D eigenvalue weighted by Gasteiger charge is -2.35. The molecule has 1 aliphatic heterocycles. The third-order valence-electron chi connectivity index (χ3n) is 4.73. The average Bonchev–Trinajstić information content (AvgIpc) is 2.78. The number of amides is 1. The highest BCUT2D eigenvalue weighted by Crippen LogP contribution is 2.38. The highest BCUT2D eigenvalue weighted by atomic mass is 16.2. The van der Waals surface area contributed by atoms with Gasteiger partial charge in [-0.25, -0.2) is 0 Å². The quantitative estimate of drug-likeness (QED) is 0.801. The van der Waals surface area contributed by atoms with Gasteiger partial charge in [0.05, 0.1) is 0 Å². The first-order valence-electron chi connectivity index (χ1n) is 7.08. The number of nitrogens with two attached hydrogens (primary N) is 1. The van der Waals surface area contributed by atoms with E-state index in [2.05, 4.69) is 18.7 Å². The van der Waals surface area contributed by atoms with E-state index in [1.807, 2.05) is 0 Å². The first-order chi connectivity index (χ1) is 8.03. The summed E-state index contributed by atoms with van der Waals surface area (Å²) in [5.41, 5.74) is 5.86. The molecule has 2 atom stereocenters. The molecule has 98 valence electrons. The molecule has 17 heavy (non-hydrogen) atoms. The van der Waals surface area contributed by atoms with Gasteiger partial charge < -0.3 is 10.6 Å². The lowest BCUT2D eigenvalue weighted by Crippen LogP contribution is -2.43. The van der Waals surface area contributed by atoms with Crippen molar-refractivity contribution < 1.29 is 4.79 Å². The first-order valence-corrected chi connectivity index (χ1v) is 7.08. The zero-order valence-corrected chi connectivity index (χ0v) is 11.2. The number of nitrogens with zero attached hydrogens (tertiary/aromatic N) is 1. The average molecular weight is 238 g/mol. The van der Waals surface area contributed by atoms with E-state index in [9.17, 15) is 4.79 Å². The molecule has 0 aromatic rings. The molecule has 0 radical (unpaired) electrons. The molecule has 2 rings (SSSR count). The van der Waals surface area contributed by atoms with Crippen LogP contribution in [0.25, 0.3) is 0 Å². The summed E-state index contributed by atoms with van der Waals surface area (Å²) in [6.45, 7) is 6.02. The second-order valence-corrected chi connectivity index (χ2v) is 6.28. The van der Waals surface area contributed by atoms with Crippen molar-refractivity contribution in [3.63, 3.8) is 0 Å². The Kier molecular flexibility index (Phi) is 3.76. The van der Waals surface area contributed by atoms with Gasteiger partial charge in [-0.05, 0) is 32.1 Å². The fourth-order valence-corrected chi connectivity index (χ4v) is 3.33. The molecule has 2 aliphatic rings. The van der Waals surface area contributed by atoms with Crippen LogP contribution in [0.15, 0.2) is 0 Å². The summed E-state index contributed by atoms with van der Waals surface area (Å²) in [4.78, 5) is 14.6. The minimum absolute atomic E-state index is 0.0784. The van der Waals surface area contributed by atoms with Gasteiger partial charge in [-0.2, -0.15) is 0 Å². The second kappa shape index (κ2) is 4.97. The van der Waals surface area contributed by atoms with Crippen molar-refractivity contribution in [2.75, 3.05) is 13.1 Å². The first kappa shape index (κ1) is 12.9. The fourth-order valence-electron chi connectivity index (χ4n) is 3.33. The van der Waals surface area contributed by atoms with E-state index in [1.54, 1.807) is 0 Å². The molecule has 1 saturated carbocycles. The molecule has 3 heteroatoms. The molecule has 2 unspecified atom stereocenters. The van der Waals surface area contributed by atoms with Crippen LogP contribution in [-0.2, 0) is 4.79 Å². The number of hydrogen-bond acceptors (Lipinski definition) is 2. The van der Waals surface area contributed by atoms with Crippen LogP contribution >= 0.6 is 0 Å². The van der Waals surface area contributed by atoms with Crippen molar-refractivity contribution in [3.05, 3.63) is 0 Å². The summed E-state index contributed by atoms with van der Waals surface area (Å²) < 4.78 is 0. The predicted octanol–water partition coefficient (Wildman–Crippen LogP) is 2.15. The van der Waals surface area contributed by atoms with Crippen LogP contribution in [-0.4, -0.2) is 29.9 Å². The molecule has 1 amide bonds. The highest BCUT2D eigenvalue weighted by Gasteiger charge is 2.40. The van der Waals surface area contributed by atoms with Gasteiger partial charge in [0.1, 0.15) is 0 Å². The zero-order valence-electron chi connectivity index (χ0n) is 11.2. The van der Waals surface area contributed by atoms with Crippen LogP contribution in [0.5, 0.6) is 0 Å².